The summed E-state index contributed by atoms with van der Waals surface area (Å²) < 4.78 is 21.8. The number of morpholine rings is 1. The molecule has 0 saturated carbocycles. The highest BCUT2D eigenvalue weighted by atomic mass is 16.5. The summed E-state index contributed by atoms with van der Waals surface area (Å²) in [7, 11) is 4.58. The van der Waals surface area contributed by atoms with Gasteiger partial charge in [-0.15, -0.1) is 0 Å². The highest BCUT2D eigenvalue weighted by molar-refractivity contribution is 5.95. The van der Waals surface area contributed by atoms with Crippen molar-refractivity contribution in [2.75, 3.05) is 47.6 Å². The van der Waals surface area contributed by atoms with Gasteiger partial charge in [-0.25, -0.2) is 0 Å². The molecule has 1 aliphatic rings. The van der Waals surface area contributed by atoms with Crippen molar-refractivity contribution in [3.63, 3.8) is 0 Å². The van der Waals surface area contributed by atoms with Crippen molar-refractivity contribution in [1.29, 1.82) is 0 Å². The fraction of sp³-hybridized carbons (Fsp3) is 0.409. The molecule has 156 valence electrons. The van der Waals surface area contributed by atoms with Crippen LogP contribution in [0.15, 0.2) is 42.5 Å². The molecule has 0 bridgehead atoms. The Bertz CT molecular complexity index is 787. The second-order valence-electron chi connectivity index (χ2n) is 6.84. The van der Waals surface area contributed by atoms with E-state index in [1.807, 2.05) is 18.2 Å². The van der Waals surface area contributed by atoms with Crippen molar-refractivity contribution in [2.45, 2.75) is 12.6 Å². The van der Waals surface area contributed by atoms with Gasteiger partial charge in [-0.2, -0.15) is 0 Å². The molecule has 0 spiro atoms. The van der Waals surface area contributed by atoms with Crippen LogP contribution in [0.25, 0.3) is 0 Å². The molecule has 1 atom stereocenters. The molecule has 29 heavy (non-hydrogen) atoms. The number of hydrogen-bond acceptors (Lipinski definition) is 6. The lowest BCUT2D eigenvalue weighted by molar-refractivity contribution is -0.0292. The topological polar surface area (TPSA) is 69.3 Å². The van der Waals surface area contributed by atoms with Crippen LogP contribution in [0, 0.1) is 0 Å². The summed E-state index contributed by atoms with van der Waals surface area (Å²) in [5.41, 5.74) is 1.71. The summed E-state index contributed by atoms with van der Waals surface area (Å²) in [6.07, 6.45) is -0.0570. The van der Waals surface area contributed by atoms with Gasteiger partial charge < -0.3 is 24.3 Å². The van der Waals surface area contributed by atoms with Crippen molar-refractivity contribution in [1.82, 2.24) is 10.2 Å². The van der Waals surface area contributed by atoms with Crippen molar-refractivity contribution >= 4 is 5.91 Å². The largest absolute Gasteiger partial charge is 0.493 e. The molecule has 1 unspecified atom stereocenters. The SMILES string of the molecule is COc1cc(C(=O)NCC2CN(Cc3ccccc3)CCO2)cc(OC)c1OC. The number of nitrogens with one attached hydrogen (secondary N) is 1. The molecule has 2 aromatic rings. The number of ether oxygens (including phenoxy) is 4. The number of amides is 1. The third-order valence-electron chi connectivity index (χ3n) is 4.89. The lowest BCUT2D eigenvalue weighted by Crippen LogP contribution is -2.47. The summed E-state index contributed by atoms with van der Waals surface area (Å²) in [4.78, 5) is 15.0. The molecule has 0 aromatic heterocycles. The molecule has 7 heteroatoms. The smallest absolute Gasteiger partial charge is 0.251 e. The first-order valence-corrected chi connectivity index (χ1v) is 9.60. The van der Waals surface area contributed by atoms with Crippen LogP contribution in [0.1, 0.15) is 15.9 Å². The van der Waals surface area contributed by atoms with Crippen LogP contribution in [0.3, 0.4) is 0 Å². The van der Waals surface area contributed by atoms with Gasteiger partial charge in [-0.3, -0.25) is 9.69 Å². The quantitative estimate of drug-likeness (QED) is 0.734. The number of nitrogens with zero attached hydrogens (tertiary/aromatic N) is 1. The Morgan fingerprint density at radius 3 is 2.41 bits per heavy atom. The normalized spacial score (nSPS) is 16.9. The van der Waals surface area contributed by atoms with Gasteiger partial charge in [0.05, 0.1) is 34.0 Å². The fourth-order valence-electron chi connectivity index (χ4n) is 3.41. The molecule has 1 heterocycles. The van der Waals surface area contributed by atoms with Crippen LogP contribution in [0.2, 0.25) is 0 Å². The van der Waals surface area contributed by atoms with E-state index in [1.165, 1.54) is 26.9 Å². The van der Waals surface area contributed by atoms with E-state index in [0.29, 0.717) is 36.0 Å². The summed E-state index contributed by atoms with van der Waals surface area (Å²) in [5.74, 6) is 1.13. The average Bonchev–Trinajstić information content (AvgIpc) is 2.77. The minimum absolute atomic E-state index is 0.0570. The monoisotopic (exact) mass is 400 g/mol. The molecule has 2 aromatic carbocycles. The Kier molecular flexibility index (Phi) is 7.32. The van der Waals surface area contributed by atoms with Crippen LogP contribution in [-0.2, 0) is 11.3 Å². The predicted octanol–water partition coefficient (Wildman–Crippen LogP) is 2.34. The molecular weight excluding hydrogens is 372 g/mol. The summed E-state index contributed by atoms with van der Waals surface area (Å²) in [6, 6.07) is 13.6. The van der Waals surface area contributed by atoms with Crippen molar-refractivity contribution in [2.24, 2.45) is 0 Å². The van der Waals surface area contributed by atoms with Gasteiger partial charge in [0.1, 0.15) is 0 Å². The predicted molar refractivity (Wildman–Crippen MR) is 110 cm³/mol. The zero-order valence-corrected chi connectivity index (χ0v) is 17.1. The summed E-state index contributed by atoms with van der Waals surface area (Å²) in [6.45, 7) is 3.61. The Labute approximate surface area is 171 Å². The second-order valence-corrected chi connectivity index (χ2v) is 6.84. The number of rotatable bonds is 8. The number of hydrogen-bond donors (Lipinski definition) is 1. The molecule has 1 saturated heterocycles. The van der Waals surface area contributed by atoms with Gasteiger partial charge in [-0.1, -0.05) is 30.3 Å². The minimum atomic E-state index is -0.215. The minimum Gasteiger partial charge on any atom is -0.493 e. The zero-order valence-electron chi connectivity index (χ0n) is 17.1. The first kappa shape index (κ1) is 21.0. The number of methoxy groups -OCH3 is 3. The fourth-order valence-corrected chi connectivity index (χ4v) is 3.41. The van der Waals surface area contributed by atoms with E-state index in [1.54, 1.807) is 12.1 Å². The maximum absolute atomic E-state index is 12.7. The van der Waals surface area contributed by atoms with E-state index in [-0.39, 0.29) is 12.0 Å². The van der Waals surface area contributed by atoms with Gasteiger partial charge in [0, 0.05) is 31.7 Å². The lowest BCUT2D eigenvalue weighted by atomic mass is 10.1. The van der Waals surface area contributed by atoms with Crippen molar-refractivity contribution in [3.8, 4) is 17.2 Å². The first-order chi connectivity index (χ1) is 14.1. The molecular formula is C22H28N2O5. The van der Waals surface area contributed by atoms with E-state index >= 15 is 0 Å². The highest BCUT2D eigenvalue weighted by Gasteiger charge is 2.22. The van der Waals surface area contributed by atoms with Crippen LogP contribution in [0.4, 0.5) is 0 Å². The molecule has 1 N–H and O–H groups in total. The van der Waals surface area contributed by atoms with Gasteiger partial charge in [-0.05, 0) is 17.7 Å². The number of benzene rings is 2. The maximum Gasteiger partial charge on any atom is 0.251 e. The van der Waals surface area contributed by atoms with E-state index < -0.39 is 0 Å². The van der Waals surface area contributed by atoms with E-state index in [0.717, 1.165) is 19.6 Å². The highest BCUT2D eigenvalue weighted by Crippen LogP contribution is 2.38. The Balaban J connectivity index is 1.58. The van der Waals surface area contributed by atoms with Gasteiger partial charge in [0.25, 0.3) is 5.91 Å². The number of carbonyl (C=O) groups is 1. The van der Waals surface area contributed by atoms with Crippen LogP contribution in [-0.4, -0.2) is 64.5 Å². The first-order valence-electron chi connectivity index (χ1n) is 9.60. The van der Waals surface area contributed by atoms with Crippen LogP contribution in [0.5, 0.6) is 17.2 Å². The Morgan fingerprint density at radius 1 is 1.10 bits per heavy atom. The summed E-state index contributed by atoms with van der Waals surface area (Å²) in [5, 5.41) is 2.95. The lowest BCUT2D eigenvalue weighted by Gasteiger charge is -2.33. The molecule has 0 aliphatic carbocycles. The Morgan fingerprint density at radius 2 is 1.79 bits per heavy atom. The standard InChI is InChI=1S/C22H28N2O5/c1-26-19-11-17(12-20(27-2)21(19)28-3)22(25)23-13-18-15-24(9-10-29-18)14-16-7-5-4-6-8-16/h4-8,11-12,18H,9-10,13-15H2,1-3H3,(H,23,25). The second kappa shape index (κ2) is 10.1. The molecule has 3 rings (SSSR count). The number of carbonyl (C=O) groups excluding carboxylic acids is 1. The van der Waals surface area contributed by atoms with Gasteiger partial charge in [0.2, 0.25) is 5.75 Å². The molecule has 7 nitrogen and oxygen atoms in total. The molecule has 1 amide bonds. The van der Waals surface area contributed by atoms with Crippen molar-refractivity contribution < 1.29 is 23.7 Å². The Hall–Kier alpha value is -2.77. The molecule has 1 aliphatic heterocycles. The third kappa shape index (κ3) is 5.40. The van der Waals surface area contributed by atoms with Gasteiger partial charge in [0.15, 0.2) is 11.5 Å². The van der Waals surface area contributed by atoms with E-state index in [4.69, 9.17) is 18.9 Å². The maximum atomic E-state index is 12.7. The summed E-state index contributed by atoms with van der Waals surface area (Å²) >= 11 is 0. The average molecular weight is 400 g/mol. The van der Waals surface area contributed by atoms with Crippen LogP contribution < -0.4 is 19.5 Å². The third-order valence-corrected chi connectivity index (χ3v) is 4.89. The van der Waals surface area contributed by atoms with E-state index in [2.05, 4.69) is 22.3 Å². The van der Waals surface area contributed by atoms with Crippen molar-refractivity contribution in [3.05, 3.63) is 53.6 Å². The molecule has 0 radical (unpaired) electrons. The zero-order chi connectivity index (χ0) is 20.6. The molecule has 1 fully saturated rings. The van der Waals surface area contributed by atoms with Gasteiger partial charge >= 0.3 is 0 Å². The van der Waals surface area contributed by atoms with Crippen LogP contribution >= 0.6 is 0 Å². The van der Waals surface area contributed by atoms with E-state index in [9.17, 15) is 4.79 Å².